The number of ether oxygens (including phenoxy) is 1. The molecule has 2 aromatic carbocycles. The molecule has 0 spiro atoms. The standard InChI is InChI=1S/C26H34FN3O/c1-22(2)26(21-28,23-7-4-3-5-8-23)13-16-29-14-6-15-30(18-17-29)19-20-31-25-11-9-24(27)10-12-25/h3-5,7-12,22H,6,13-20H2,1-2H3. The van der Waals surface area contributed by atoms with Crippen molar-refractivity contribution in [3.05, 3.63) is 66.0 Å². The summed E-state index contributed by atoms with van der Waals surface area (Å²) in [6.07, 6.45) is 1.96. The Balaban J connectivity index is 1.49. The molecule has 1 unspecified atom stereocenters. The molecule has 0 aliphatic carbocycles. The number of rotatable bonds is 9. The normalized spacial score (nSPS) is 17.6. The van der Waals surface area contributed by atoms with Crippen LogP contribution in [0.5, 0.6) is 5.75 Å². The molecule has 0 N–H and O–H groups in total. The molecule has 0 bridgehead atoms. The lowest BCUT2D eigenvalue weighted by Crippen LogP contribution is -2.38. The second kappa shape index (κ2) is 11.3. The van der Waals surface area contributed by atoms with Gasteiger partial charge in [-0.15, -0.1) is 0 Å². The van der Waals surface area contributed by atoms with Gasteiger partial charge >= 0.3 is 0 Å². The number of hydrogen-bond donors (Lipinski definition) is 0. The van der Waals surface area contributed by atoms with E-state index in [1.807, 2.05) is 18.2 Å². The van der Waals surface area contributed by atoms with Crippen LogP contribution >= 0.6 is 0 Å². The molecule has 4 nitrogen and oxygen atoms in total. The van der Waals surface area contributed by atoms with Crippen molar-refractivity contribution in [2.24, 2.45) is 5.92 Å². The van der Waals surface area contributed by atoms with Crippen LogP contribution < -0.4 is 4.74 Å². The van der Waals surface area contributed by atoms with Gasteiger partial charge in [0.05, 0.1) is 11.5 Å². The first kappa shape index (κ1) is 23.2. The Bertz CT molecular complexity index is 834. The fourth-order valence-electron chi connectivity index (χ4n) is 4.38. The first-order valence-electron chi connectivity index (χ1n) is 11.3. The second-order valence-corrected chi connectivity index (χ2v) is 8.69. The van der Waals surface area contributed by atoms with E-state index < -0.39 is 5.41 Å². The number of halogens is 1. The van der Waals surface area contributed by atoms with Gasteiger partial charge in [-0.2, -0.15) is 5.26 Å². The van der Waals surface area contributed by atoms with Crippen LogP contribution in [0.3, 0.4) is 0 Å². The zero-order valence-corrected chi connectivity index (χ0v) is 18.8. The maximum Gasteiger partial charge on any atom is 0.123 e. The van der Waals surface area contributed by atoms with Crippen molar-refractivity contribution in [2.75, 3.05) is 45.9 Å². The molecule has 0 aromatic heterocycles. The van der Waals surface area contributed by atoms with Gasteiger partial charge in [0.1, 0.15) is 18.2 Å². The topological polar surface area (TPSA) is 39.5 Å². The predicted molar refractivity (Wildman–Crippen MR) is 123 cm³/mol. The van der Waals surface area contributed by atoms with Crippen molar-refractivity contribution in [2.45, 2.75) is 32.1 Å². The fourth-order valence-corrected chi connectivity index (χ4v) is 4.38. The molecular formula is C26H34FN3O. The van der Waals surface area contributed by atoms with Gasteiger partial charge in [0, 0.05) is 26.2 Å². The summed E-state index contributed by atoms with van der Waals surface area (Å²) in [5.41, 5.74) is 0.679. The highest BCUT2D eigenvalue weighted by Gasteiger charge is 2.36. The van der Waals surface area contributed by atoms with Gasteiger partial charge in [-0.1, -0.05) is 44.2 Å². The highest BCUT2D eigenvalue weighted by molar-refractivity contribution is 5.33. The molecule has 1 aliphatic rings. The minimum atomic E-state index is -0.448. The SMILES string of the molecule is CC(C)C(C#N)(CCN1CCCN(CCOc2ccc(F)cc2)CC1)c1ccccc1. The average molecular weight is 424 g/mol. The molecule has 1 aliphatic heterocycles. The molecule has 31 heavy (non-hydrogen) atoms. The smallest absolute Gasteiger partial charge is 0.123 e. The van der Waals surface area contributed by atoms with Crippen LogP contribution in [-0.4, -0.2) is 55.7 Å². The minimum absolute atomic E-state index is 0.245. The third-order valence-electron chi connectivity index (χ3n) is 6.47. The van der Waals surface area contributed by atoms with Crippen LogP contribution in [-0.2, 0) is 5.41 Å². The van der Waals surface area contributed by atoms with Crippen molar-refractivity contribution in [3.63, 3.8) is 0 Å². The van der Waals surface area contributed by atoms with Gasteiger partial charge in [-0.05, 0) is 61.7 Å². The molecule has 0 radical (unpaired) electrons. The summed E-state index contributed by atoms with van der Waals surface area (Å²) < 4.78 is 18.8. The summed E-state index contributed by atoms with van der Waals surface area (Å²) in [6, 6.07) is 19.1. The van der Waals surface area contributed by atoms with E-state index in [1.54, 1.807) is 12.1 Å². The van der Waals surface area contributed by atoms with Crippen LogP contribution in [0, 0.1) is 23.1 Å². The van der Waals surface area contributed by atoms with E-state index in [0.717, 1.165) is 57.7 Å². The van der Waals surface area contributed by atoms with Crippen molar-refractivity contribution >= 4 is 0 Å². The molecule has 0 amide bonds. The molecule has 1 atom stereocenters. The minimum Gasteiger partial charge on any atom is -0.492 e. The highest BCUT2D eigenvalue weighted by Crippen LogP contribution is 2.35. The number of benzene rings is 2. The van der Waals surface area contributed by atoms with Crippen LogP contribution in [0.15, 0.2) is 54.6 Å². The van der Waals surface area contributed by atoms with Gasteiger partial charge in [-0.3, -0.25) is 4.90 Å². The van der Waals surface area contributed by atoms with Gasteiger partial charge in [0.2, 0.25) is 0 Å². The summed E-state index contributed by atoms with van der Waals surface area (Å²) >= 11 is 0. The molecular weight excluding hydrogens is 389 g/mol. The third kappa shape index (κ3) is 6.29. The first-order valence-corrected chi connectivity index (χ1v) is 11.3. The summed E-state index contributed by atoms with van der Waals surface area (Å²) in [6.45, 7) is 10.8. The van der Waals surface area contributed by atoms with Gasteiger partial charge in [-0.25, -0.2) is 4.39 Å². The van der Waals surface area contributed by atoms with E-state index in [2.05, 4.69) is 41.8 Å². The van der Waals surface area contributed by atoms with E-state index in [9.17, 15) is 9.65 Å². The third-order valence-corrected chi connectivity index (χ3v) is 6.47. The number of nitriles is 1. The predicted octanol–water partition coefficient (Wildman–Crippen LogP) is 4.72. The van der Waals surface area contributed by atoms with E-state index in [-0.39, 0.29) is 11.7 Å². The van der Waals surface area contributed by atoms with E-state index in [4.69, 9.17) is 4.74 Å². The van der Waals surface area contributed by atoms with E-state index in [0.29, 0.717) is 12.4 Å². The molecule has 166 valence electrons. The Morgan fingerprint density at radius 1 is 0.968 bits per heavy atom. The highest BCUT2D eigenvalue weighted by atomic mass is 19.1. The summed E-state index contributed by atoms with van der Waals surface area (Å²) in [5, 5.41) is 10.1. The number of nitrogens with zero attached hydrogens (tertiary/aromatic N) is 3. The quantitative estimate of drug-likeness (QED) is 0.585. The lowest BCUT2D eigenvalue weighted by Gasteiger charge is -2.33. The molecule has 0 saturated carbocycles. The molecule has 1 heterocycles. The summed E-state index contributed by atoms with van der Waals surface area (Å²) in [7, 11) is 0. The van der Waals surface area contributed by atoms with Crippen LogP contribution in [0.4, 0.5) is 4.39 Å². The van der Waals surface area contributed by atoms with Gasteiger partial charge < -0.3 is 9.64 Å². The van der Waals surface area contributed by atoms with Crippen LogP contribution in [0.25, 0.3) is 0 Å². The molecule has 3 rings (SSSR count). The second-order valence-electron chi connectivity index (χ2n) is 8.69. The van der Waals surface area contributed by atoms with Crippen molar-refractivity contribution < 1.29 is 9.13 Å². The first-order chi connectivity index (χ1) is 15.0. The van der Waals surface area contributed by atoms with Crippen molar-refractivity contribution in [3.8, 4) is 11.8 Å². The monoisotopic (exact) mass is 423 g/mol. The lowest BCUT2D eigenvalue weighted by molar-refractivity contribution is 0.203. The summed E-state index contributed by atoms with van der Waals surface area (Å²) in [4.78, 5) is 4.93. The van der Waals surface area contributed by atoms with Gasteiger partial charge in [0.15, 0.2) is 0 Å². The molecule has 1 fully saturated rings. The van der Waals surface area contributed by atoms with Crippen LogP contribution in [0.2, 0.25) is 0 Å². The lowest BCUT2D eigenvalue weighted by atomic mass is 9.70. The zero-order chi connectivity index (χ0) is 22.1. The average Bonchev–Trinajstić information content (AvgIpc) is 3.02. The molecule has 1 saturated heterocycles. The van der Waals surface area contributed by atoms with E-state index >= 15 is 0 Å². The van der Waals surface area contributed by atoms with Crippen molar-refractivity contribution in [1.82, 2.24) is 9.80 Å². The Labute approximate surface area is 186 Å². The van der Waals surface area contributed by atoms with Crippen molar-refractivity contribution in [1.29, 1.82) is 5.26 Å². The molecule has 2 aromatic rings. The largest absolute Gasteiger partial charge is 0.492 e. The Morgan fingerprint density at radius 3 is 2.23 bits per heavy atom. The maximum absolute atomic E-state index is 13.0. The Kier molecular flexibility index (Phi) is 8.45. The Hall–Kier alpha value is -2.42. The van der Waals surface area contributed by atoms with Gasteiger partial charge in [0.25, 0.3) is 0 Å². The molecule has 5 heteroatoms. The summed E-state index contributed by atoms with van der Waals surface area (Å²) in [5.74, 6) is 0.720. The maximum atomic E-state index is 13.0. The zero-order valence-electron chi connectivity index (χ0n) is 18.8. The fraction of sp³-hybridized carbons (Fsp3) is 0.500. The number of hydrogen-bond acceptors (Lipinski definition) is 4. The Morgan fingerprint density at radius 2 is 1.61 bits per heavy atom. The van der Waals surface area contributed by atoms with E-state index in [1.165, 1.54) is 12.1 Å². The van der Waals surface area contributed by atoms with Crippen LogP contribution in [0.1, 0.15) is 32.3 Å².